The van der Waals surface area contributed by atoms with E-state index in [1.807, 2.05) is 0 Å². The van der Waals surface area contributed by atoms with Gasteiger partial charge in [-0.25, -0.2) is 0 Å². The standard InChI is InChI=1S/C8H8O3S.C4H10O/c1-2-7-5-3-4-6-8(7)12(9,10)11;1-4(2,3)5/h2-6H,1H2,(H,9,10,11);5H,1-3H3. The first kappa shape index (κ1) is 15.8. The van der Waals surface area contributed by atoms with Crippen molar-refractivity contribution in [3.8, 4) is 0 Å². The predicted octanol–water partition coefficient (Wildman–Crippen LogP) is 2.35. The van der Waals surface area contributed by atoms with Crippen LogP contribution < -0.4 is 0 Å². The third kappa shape index (κ3) is 7.68. The Hall–Kier alpha value is -1.17. The Kier molecular flexibility index (Phi) is 5.54. The molecular formula is C12H18O4S. The summed E-state index contributed by atoms with van der Waals surface area (Å²) in [5.41, 5.74) is -0.0972. The third-order valence-electron chi connectivity index (χ3n) is 1.42. The Balaban J connectivity index is 0.000000437. The molecule has 5 heteroatoms. The van der Waals surface area contributed by atoms with Crippen molar-refractivity contribution >= 4 is 16.2 Å². The Morgan fingerprint density at radius 1 is 1.24 bits per heavy atom. The molecule has 0 aliphatic heterocycles. The van der Waals surface area contributed by atoms with Crippen LogP contribution in [-0.2, 0) is 10.1 Å². The second kappa shape index (κ2) is 5.95. The van der Waals surface area contributed by atoms with Crippen molar-refractivity contribution in [2.24, 2.45) is 0 Å². The highest BCUT2D eigenvalue weighted by Gasteiger charge is 2.11. The van der Waals surface area contributed by atoms with Crippen LogP contribution in [0.25, 0.3) is 6.08 Å². The fourth-order valence-corrected chi connectivity index (χ4v) is 1.58. The van der Waals surface area contributed by atoms with Gasteiger partial charge in [-0.05, 0) is 32.4 Å². The molecule has 0 amide bonds. The summed E-state index contributed by atoms with van der Waals surface area (Å²) in [7, 11) is -4.12. The Morgan fingerprint density at radius 3 is 1.94 bits per heavy atom. The molecule has 0 aliphatic carbocycles. The van der Waals surface area contributed by atoms with Crippen LogP contribution in [0.4, 0.5) is 0 Å². The van der Waals surface area contributed by atoms with E-state index in [9.17, 15) is 8.42 Å². The summed E-state index contributed by atoms with van der Waals surface area (Å²) in [6, 6.07) is 6.10. The fraction of sp³-hybridized carbons (Fsp3) is 0.333. The van der Waals surface area contributed by atoms with Gasteiger partial charge in [0, 0.05) is 0 Å². The van der Waals surface area contributed by atoms with E-state index in [0.717, 1.165) is 0 Å². The molecule has 0 unspecified atom stereocenters. The molecule has 1 aromatic carbocycles. The SMILES string of the molecule is C=Cc1ccccc1S(=O)(=O)O.CC(C)(C)O. The van der Waals surface area contributed by atoms with Crippen LogP contribution in [0.5, 0.6) is 0 Å². The van der Waals surface area contributed by atoms with Gasteiger partial charge in [0.2, 0.25) is 0 Å². The van der Waals surface area contributed by atoms with Crippen LogP contribution in [0.15, 0.2) is 35.7 Å². The van der Waals surface area contributed by atoms with Gasteiger partial charge in [-0.1, -0.05) is 30.9 Å². The summed E-state index contributed by atoms with van der Waals surface area (Å²) in [6.45, 7) is 8.66. The van der Waals surface area contributed by atoms with Gasteiger partial charge in [0.1, 0.15) is 4.90 Å². The van der Waals surface area contributed by atoms with E-state index in [-0.39, 0.29) is 4.90 Å². The van der Waals surface area contributed by atoms with Crippen LogP contribution in [0.2, 0.25) is 0 Å². The predicted molar refractivity (Wildman–Crippen MR) is 68.3 cm³/mol. The van der Waals surface area contributed by atoms with Gasteiger partial charge in [-0.3, -0.25) is 4.55 Å². The van der Waals surface area contributed by atoms with E-state index >= 15 is 0 Å². The summed E-state index contributed by atoms with van der Waals surface area (Å²) in [5, 5.41) is 8.52. The molecule has 0 saturated carbocycles. The van der Waals surface area contributed by atoms with Gasteiger partial charge in [-0.2, -0.15) is 8.42 Å². The molecule has 96 valence electrons. The maximum Gasteiger partial charge on any atom is 0.295 e. The second-order valence-corrected chi connectivity index (χ2v) is 5.78. The number of hydrogen-bond donors (Lipinski definition) is 2. The van der Waals surface area contributed by atoms with Crippen molar-refractivity contribution in [3.05, 3.63) is 36.4 Å². The van der Waals surface area contributed by atoms with E-state index in [0.29, 0.717) is 5.56 Å². The number of benzene rings is 1. The van der Waals surface area contributed by atoms with Crippen molar-refractivity contribution in [2.75, 3.05) is 0 Å². The molecule has 0 bridgehead atoms. The first-order valence-electron chi connectivity index (χ1n) is 4.97. The molecule has 0 heterocycles. The average molecular weight is 258 g/mol. The zero-order chi connectivity index (χ0) is 13.7. The number of hydrogen-bond acceptors (Lipinski definition) is 3. The lowest BCUT2D eigenvalue weighted by Crippen LogP contribution is -2.10. The normalized spacial score (nSPS) is 11.4. The summed E-state index contributed by atoms with van der Waals surface area (Å²) in [5.74, 6) is 0. The van der Waals surface area contributed by atoms with Crippen molar-refractivity contribution < 1.29 is 18.1 Å². The smallest absolute Gasteiger partial charge is 0.295 e. The monoisotopic (exact) mass is 258 g/mol. The molecule has 4 nitrogen and oxygen atoms in total. The lowest BCUT2D eigenvalue weighted by atomic mass is 10.2. The van der Waals surface area contributed by atoms with E-state index in [1.165, 1.54) is 18.2 Å². The molecule has 0 aromatic heterocycles. The van der Waals surface area contributed by atoms with Crippen molar-refractivity contribution in [1.82, 2.24) is 0 Å². The molecule has 1 aromatic rings. The molecular weight excluding hydrogens is 240 g/mol. The number of rotatable bonds is 2. The summed E-state index contributed by atoms with van der Waals surface area (Å²) in [4.78, 5) is -0.111. The Labute approximate surface area is 102 Å². The minimum absolute atomic E-state index is 0.111. The summed E-state index contributed by atoms with van der Waals surface area (Å²) >= 11 is 0. The maximum absolute atomic E-state index is 10.7. The molecule has 0 spiro atoms. The van der Waals surface area contributed by atoms with Gasteiger partial charge < -0.3 is 5.11 Å². The number of aliphatic hydroxyl groups is 1. The molecule has 2 N–H and O–H groups in total. The molecule has 17 heavy (non-hydrogen) atoms. The lowest BCUT2D eigenvalue weighted by Gasteiger charge is -2.04. The van der Waals surface area contributed by atoms with Gasteiger partial charge >= 0.3 is 0 Å². The topological polar surface area (TPSA) is 74.6 Å². The highest BCUT2D eigenvalue weighted by Crippen LogP contribution is 2.15. The van der Waals surface area contributed by atoms with Crippen molar-refractivity contribution in [3.63, 3.8) is 0 Å². The summed E-state index contributed by atoms with van der Waals surface area (Å²) in [6.07, 6.45) is 1.38. The van der Waals surface area contributed by atoms with Gasteiger partial charge in [-0.15, -0.1) is 0 Å². The van der Waals surface area contributed by atoms with E-state index in [1.54, 1.807) is 32.9 Å². The minimum atomic E-state index is -4.12. The van der Waals surface area contributed by atoms with Crippen LogP contribution in [0.1, 0.15) is 26.3 Å². The van der Waals surface area contributed by atoms with E-state index in [4.69, 9.17) is 9.66 Å². The van der Waals surface area contributed by atoms with Crippen molar-refractivity contribution in [2.45, 2.75) is 31.3 Å². The first-order chi connectivity index (χ1) is 7.55. The molecule has 0 aliphatic rings. The second-order valence-electron chi connectivity index (χ2n) is 4.39. The maximum atomic E-state index is 10.7. The van der Waals surface area contributed by atoms with Gasteiger partial charge in [0.25, 0.3) is 10.1 Å². The zero-order valence-corrected chi connectivity index (χ0v) is 11.0. The van der Waals surface area contributed by atoms with E-state index in [2.05, 4.69) is 6.58 Å². The highest BCUT2D eigenvalue weighted by molar-refractivity contribution is 7.85. The molecule has 0 saturated heterocycles. The largest absolute Gasteiger partial charge is 0.391 e. The van der Waals surface area contributed by atoms with Crippen LogP contribution in [0.3, 0.4) is 0 Å². The minimum Gasteiger partial charge on any atom is -0.391 e. The molecule has 0 fully saturated rings. The summed E-state index contributed by atoms with van der Waals surface area (Å²) < 4.78 is 30.2. The lowest BCUT2D eigenvalue weighted by molar-refractivity contribution is 0.102. The third-order valence-corrected chi connectivity index (χ3v) is 2.34. The fourth-order valence-electron chi connectivity index (χ4n) is 0.884. The van der Waals surface area contributed by atoms with E-state index < -0.39 is 15.7 Å². The molecule has 0 radical (unpaired) electrons. The average Bonchev–Trinajstić information content (AvgIpc) is 2.14. The Morgan fingerprint density at radius 2 is 1.65 bits per heavy atom. The van der Waals surface area contributed by atoms with Gasteiger partial charge in [0.05, 0.1) is 5.60 Å². The zero-order valence-electron chi connectivity index (χ0n) is 10.2. The first-order valence-corrected chi connectivity index (χ1v) is 6.41. The van der Waals surface area contributed by atoms with Crippen LogP contribution in [0, 0.1) is 0 Å². The molecule has 0 atom stereocenters. The Bertz CT molecular complexity index is 464. The quantitative estimate of drug-likeness (QED) is 0.798. The molecule has 1 rings (SSSR count). The van der Waals surface area contributed by atoms with Crippen LogP contribution >= 0.6 is 0 Å². The van der Waals surface area contributed by atoms with Crippen molar-refractivity contribution in [1.29, 1.82) is 0 Å². The van der Waals surface area contributed by atoms with Crippen LogP contribution in [-0.4, -0.2) is 23.7 Å². The van der Waals surface area contributed by atoms with Gasteiger partial charge in [0.15, 0.2) is 0 Å². The highest BCUT2D eigenvalue weighted by atomic mass is 32.2.